The summed E-state index contributed by atoms with van der Waals surface area (Å²) >= 11 is 0. The molecule has 20 heavy (non-hydrogen) atoms. The molecule has 0 aromatic rings. The molecule has 4 heteroatoms. The van der Waals surface area contributed by atoms with Crippen molar-refractivity contribution in [2.24, 2.45) is 5.92 Å². The highest BCUT2D eigenvalue weighted by molar-refractivity contribution is 5.78. The second-order valence-electron chi connectivity index (χ2n) is 6.56. The summed E-state index contributed by atoms with van der Waals surface area (Å²) in [4.78, 5) is 14.1. The molecular formula is C16H32N2O2. The van der Waals surface area contributed by atoms with E-state index in [4.69, 9.17) is 0 Å². The summed E-state index contributed by atoms with van der Waals surface area (Å²) in [6.45, 7) is 11.2. The first kappa shape index (κ1) is 17.4. The standard InChI is InChI=1S/C16H32N2O2/c1-5-9-17-16(4,15(19)20)11-13(3)18(10-6-2)12-14-7-8-14/h13-14,17H,5-12H2,1-4H3,(H,19,20). The van der Waals surface area contributed by atoms with Gasteiger partial charge in [0.2, 0.25) is 0 Å². The number of nitrogens with zero attached hydrogens (tertiary/aromatic N) is 1. The van der Waals surface area contributed by atoms with Gasteiger partial charge in [-0.1, -0.05) is 13.8 Å². The van der Waals surface area contributed by atoms with Crippen molar-refractivity contribution >= 4 is 5.97 Å². The molecule has 0 radical (unpaired) electrons. The van der Waals surface area contributed by atoms with Gasteiger partial charge in [-0.25, -0.2) is 0 Å². The SMILES string of the molecule is CCCNC(C)(CC(C)N(CCC)CC1CC1)C(=O)O. The van der Waals surface area contributed by atoms with Gasteiger partial charge < -0.3 is 15.3 Å². The average Bonchev–Trinajstić information content (AvgIpc) is 3.19. The maximum absolute atomic E-state index is 11.6. The van der Waals surface area contributed by atoms with Gasteiger partial charge in [0.15, 0.2) is 0 Å². The normalized spacial score (nSPS) is 19.9. The summed E-state index contributed by atoms with van der Waals surface area (Å²) in [5.41, 5.74) is -0.815. The van der Waals surface area contributed by atoms with Gasteiger partial charge in [0.05, 0.1) is 0 Å². The van der Waals surface area contributed by atoms with E-state index in [0.717, 1.165) is 38.4 Å². The Morgan fingerprint density at radius 1 is 1.40 bits per heavy atom. The van der Waals surface area contributed by atoms with Gasteiger partial charge in [-0.15, -0.1) is 0 Å². The summed E-state index contributed by atoms with van der Waals surface area (Å²) < 4.78 is 0. The van der Waals surface area contributed by atoms with Gasteiger partial charge in [0.1, 0.15) is 5.54 Å². The maximum Gasteiger partial charge on any atom is 0.323 e. The lowest BCUT2D eigenvalue weighted by molar-refractivity contribution is -0.145. The second kappa shape index (κ2) is 7.99. The molecule has 2 N–H and O–H groups in total. The van der Waals surface area contributed by atoms with Crippen LogP contribution in [0.5, 0.6) is 0 Å². The minimum Gasteiger partial charge on any atom is -0.480 e. The fraction of sp³-hybridized carbons (Fsp3) is 0.938. The van der Waals surface area contributed by atoms with E-state index in [1.54, 1.807) is 0 Å². The van der Waals surface area contributed by atoms with E-state index < -0.39 is 11.5 Å². The molecule has 118 valence electrons. The topological polar surface area (TPSA) is 52.6 Å². The van der Waals surface area contributed by atoms with E-state index in [2.05, 4.69) is 31.0 Å². The van der Waals surface area contributed by atoms with E-state index in [0.29, 0.717) is 12.5 Å². The lowest BCUT2D eigenvalue weighted by atomic mass is 9.92. The molecule has 4 nitrogen and oxygen atoms in total. The minimum absolute atomic E-state index is 0.306. The summed E-state index contributed by atoms with van der Waals surface area (Å²) in [7, 11) is 0. The van der Waals surface area contributed by atoms with Gasteiger partial charge in [0.25, 0.3) is 0 Å². The molecule has 0 aromatic carbocycles. The van der Waals surface area contributed by atoms with Gasteiger partial charge in [-0.05, 0) is 65.0 Å². The van der Waals surface area contributed by atoms with Crippen molar-refractivity contribution in [1.82, 2.24) is 10.2 Å². The summed E-state index contributed by atoms with van der Waals surface area (Å²) in [6.07, 6.45) is 5.44. The van der Waals surface area contributed by atoms with E-state index >= 15 is 0 Å². The van der Waals surface area contributed by atoms with Crippen molar-refractivity contribution < 1.29 is 9.90 Å². The molecule has 0 aliphatic heterocycles. The second-order valence-corrected chi connectivity index (χ2v) is 6.56. The molecule has 1 fully saturated rings. The molecule has 2 unspecified atom stereocenters. The molecule has 0 heterocycles. The van der Waals surface area contributed by atoms with Crippen LogP contribution in [0, 0.1) is 5.92 Å². The van der Waals surface area contributed by atoms with Crippen molar-refractivity contribution in [3.63, 3.8) is 0 Å². The molecule has 1 saturated carbocycles. The van der Waals surface area contributed by atoms with Gasteiger partial charge >= 0.3 is 5.97 Å². The number of aliphatic carboxylic acids is 1. The molecule has 0 bridgehead atoms. The van der Waals surface area contributed by atoms with E-state index in [-0.39, 0.29) is 0 Å². The van der Waals surface area contributed by atoms with Crippen LogP contribution in [0.25, 0.3) is 0 Å². The Kier molecular flexibility index (Phi) is 6.96. The fourth-order valence-corrected chi connectivity index (χ4v) is 2.77. The highest BCUT2D eigenvalue weighted by atomic mass is 16.4. The highest BCUT2D eigenvalue weighted by Gasteiger charge is 2.36. The number of hydrogen-bond donors (Lipinski definition) is 2. The first-order valence-corrected chi connectivity index (χ1v) is 8.15. The predicted octanol–water partition coefficient (Wildman–Crippen LogP) is 2.73. The third-order valence-corrected chi connectivity index (χ3v) is 4.26. The molecule has 1 aliphatic rings. The van der Waals surface area contributed by atoms with Crippen LogP contribution in [-0.2, 0) is 4.79 Å². The molecule has 1 aliphatic carbocycles. The Bertz CT molecular complexity index is 305. The van der Waals surface area contributed by atoms with Gasteiger partial charge in [-0.3, -0.25) is 4.79 Å². The molecule has 0 spiro atoms. The highest BCUT2D eigenvalue weighted by Crippen LogP contribution is 2.31. The van der Waals surface area contributed by atoms with Crippen molar-refractivity contribution in [1.29, 1.82) is 0 Å². The Labute approximate surface area is 123 Å². The Morgan fingerprint density at radius 2 is 2.05 bits per heavy atom. The molecule has 0 amide bonds. The van der Waals surface area contributed by atoms with Crippen LogP contribution in [0.3, 0.4) is 0 Å². The van der Waals surface area contributed by atoms with Gasteiger partial charge in [0, 0.05) is 12.6 Å². The smallest absolute Gasteiger partial charge is 0.323 e. The Morgan fingerprint density at radius 3 is 2.50 bits per heavy atom. The van der Waals surface area contributed by atoms with Crippen LogP contribution in [0.15, 0.2) is 0 Å². The van der Waals surface area contributed by atoms with E-state index in [1.165, 1.54) is 12.8 Å². The Balaban J connectivity index is 2.60. The lowest BCUT2D eigenvalue weighted by Crippen LogP contribution is -2.54. The summed E-state index contributed by atoms with van der Waals surface area (Å²) in [5, 5.41) is 12.7. The summed E-state index contributed by atoms with van der Waals surface area (Å²) in [5.74, 6) is 0.115. The molecule has 0 saturated heterocycles. The third-order valence-electron chi connectivity index (χ3n) is 4.26. The van der Waals surface area contributed by atoms with Crippen LogP contribution in [0.2, 0.25) is 0 Å². The van der Waals surface area contributed by atoms with Crippen molar-refractivity contribution in [3.8, 4) is 0 Å². The molecule has 1 rings (SSSR count). The van der Waals surface area contributed by atoms with Crippen molar-refractivity contribution in [3.05, 3.63) is 0 Å². The van der Waals surface area contributed by atoms with Crippen molar-refractivity contribution in [2.45, 2.75) is 71.4 Å². The first-order chi connectivity index (χ1) is 9.42. The average molecular weight is 284 g/mol. The van der Waals surface area contributed by atoms with E-state index in [9.17, 15) is 9.90 Å². The summed E-state index contributed by atoms with van der Waals surface area (Å²) in [6, 6.07) is 0.306. The predicted molar refractivity (Wildman–Crippen MR) is 83.0 cm³/mol. The number of hydrogen-bond acceptors (Lipinski definition) is 3. The zero-order valence-electron chi connectivity index (χ0n) is 13.6. The zero-order chi connectivity index (χ0) is 15.2. The first-order valence-electron chi connectivity index (χ1n) is 8.15. The van der Waals surface area contributed by atoms with E-state index in [1.807, 2.05) is 6.92 Å². The monoisotopic (exact) mass is 284 g/mol. The number of carboxylic acid groups (broad SMARTS) is 1. The third kappa shape index (κ3) is 5.41. The van der Waals surface area contributed by atoms with Crippen LogP contribution < -0.4 is 5.32 Å². The molecular weight excluding hydrogens is 252 g/mol. The van der Waals surface area contributed by atoms with Crippen molar-refractivity contribution in [2.75, 3.05) is 19.6 Å². The number of carboxylic acids is 1. The number of carbonyl (C=O) groups is 1. The molecule has 2 atom stereocenters. The fourth-order valence-electron chi connectivity index (χ4n) is 2.77. The number of nitrogens with one attached hydrogen (secondary N) is 1. The van der Waals surface area contributed by atoms with Crippen LogP contribution in [0.1, 0.15) is 59.8 Å². The largest absolute Gasteiger partial charge is 0.480 e. The van der Waals surface area contributed by atoms with Crippen LogP contribution in [-0.4, -0.2) is 47.2 Å². The quantitative estimate of drug-likeness (QED) is 0.612. The van der Waals surface area contributed by atoms with Gasteiger partial charge in [-0.2, -0.15) is 0 Å². The Hall–Kier alpha value is -0.610. The lowest BCUT2D eigenvalue weighted by Gasteiger charge is -2.35. The minimum atomic E-state index is -0.815. The zero-order valence-corrected chi connectivity index (χ0v) is 13.6. The number of rotatable bonds is 11. The van der Waals surface area contributed by atoms with Crippen LogP contribution in [0.4, 0.5) is 0 Å². The van der Waals surface area contributed by atoms with Crippen LogP contribution >= 0.6 is 0 Å². The maximum atomic E-state index is 11.6. The molecule has 0 aromatic heterocycles.